The maximum Gasteiger partial charge on any atom is 0.222 e. The molecule has 0 aliphatic carbocycles. The normalized spacial score (nSPS) is 10.3. The fourth-order valence-corrected chi connectivity index (χ4v) is 1.76. The van der Waals surface area contributed by atoms with Gasteiger partial charge in [0.25, 0.3) is 0 Å². The fourth-order valence-electron chi connectivity index (χ4n) is 1.56. The molecule has 2 N–H and O–H groups in total. The zero-order valence-electron chi connectivity index (χ0n) is 10.2. The Labute approximate surface area is 111 Å². The summed E-state index contributed by atoms with van der Waals surface area (Å²) in [5, 5.41) is 6.98. The molecule has 1 aromatic heterocycles. The van der Waals surface area contributed by atoms with E-state index in [4.69, 9.17) is 11.6 Å². The Hall–Kier alpha value is -1.65. The maximum absolute atomic E-state index is 6.07. The van der Waals surface area contributed by atoms with Crippen LogP contribution in [0.3, 0.4) is 0 Å². The van der Waals surface area contributed by atoms with Crippen LogP contribution in [0, 0.1) is 0 Å². The maximum atomic E-state index is 6.07. The molecular weight excluding hydrogens is 248 g/mol. The van der Waals surface area contributed by atoms with E-state index in [2.05, 4.69) is 20.6 Å². The summed E-state index contributed by atoms with van der Waals surface area (Å²) in [6, 6.07) is 7.81. The smallest absolute Gasteiger partial charge is 0.222 e. The minimum absolute atomic E-state index is 0.629. The average Bonchev–Trinajstić information content (AvgIpc) is 2.42. The third-order valence-electron chi connectivity index (χ3n) is 2.53. The summed E-state index contributed by atoms with van der Waals surface area (Å²) in [6.45, 7) is 1.45. The highest BCUT2D eigenvalue weighted by molar-refractivity contribution is 6.31. The lowest BCUT2D eigenvalue weighted by Gasteiger charge is -2.06. The number of halogens is 1. The van der Waals surface area contributed by atoms with E-state index in [1.807, 2.05) is 24.3 Å². The van der Waals surface area contributed by atoms with Crippen LogP contribution in [-0.2, 0) is 13.1 Å². The van der Waals surface area contributed by atoms with Gasteiger partial charge in [-0.15, -0.1) is 0 Å². The Morgan fingerprint density at radius 2 is 1.83 bits per heavy atom. The molecule has 0 fully saturated rings. The van der Waals surface area contributed by atoms with Gasteiger partial charge in [0.2, 0.25) is 5.95 Å². The molecule has 4 nitrogen and oxygen atoms in total. The number of aromatic nitrogens is 2. The fraction of sp³-hybridized carbons (Fsp3) is 0.231. The SMILES string of the molecule is CNc1ncc(CNCc2ccccc2Cl)cn1. The number of anilines is 1. The molecule has 0 amide bonds. The summed E-state index contributed by atoms with van der Waals surface area (Å²) < 4.78 is 0. The zero-order chi connectivity index (χ0) is 12.8. The Bertz CT molecular complexity index is 499. The highest BCUT2D eigenvalue weighted by atomic mass is 35.5. The largest absolute Gasteiger partial charge is 0.357 e. The lowest BCUT2D eigenvalue weighted by atomic mass is 10.2. The second-order valence-electron chi connectivity index (χ2n) is 3.86. The number of nitrogens with zero attached hydrogens (tertiary/aromatic N) is 2. The molecule has 0 unspecified atom stereocenters. The monoisotopic (exact) mass is 262 g/mol. The van der Waals surface area contributed by atoms with E-state index < -0.39 is 0 Å². The van der Waals surface area contributed by atoms with E-state index >= 15 is 0 Å². The molecule has 1 heterocycles. The molecule has 2 aromatic rings. The van der Waals surface area contributed by atoms with Gasteiger partial charge in [-0.2, -0.15) is 0 Å². The number of hydrogen-bond acceptors (Lipinski definition) is 4. The number of benzene rings is 1. The van der Waals surface area contributed by atoms with Crippen LogP contribution in [0.2, 0.25) is 5.02 Å². The van der Waals surface area contributed by atoms with Gasteiger partial charge in [-0.05, 0) is 11.6 Å². The third kappa shape index (κ3) is 3.42. The molecule has 2 rings (SSSR count). The van der Waals surface area contributed by atoms with Gasteiger partial charge in [0.15, 0.2) is 0 Å². The molecule has 1 aromatic carbocycles. The molecule has 0 saturated carbocycles. The van der Waals surface area contributed by atoms with Crippen molar-refractivity contribution in [1.29, 1.82) is 0 Å². The Morgan fingerprint density at radius 1 is 1.11 bits per heavy atom. The minimum Gasteiger partial charge on any atom is -0.357 e. The van der Waals surface area contributed by atoms with Crippen LogP contribution in [0.5, 0.6) is 0 Å². The summed E-state index contributed by atoms with van der Waals surface area (Å²) in [7, 11) is 1.80. The van der Waals surface area contributed by atoms with Crippen LogP contribution >= 0.6 is 11.6 Å². The van der Waals surface area contributed by atoms with Crippen molar-refractivity contribution in [2.24, 2.45) is 0 Å². The zero-order valence-corrected chi connectivity index (χ0v) is 10.9. The summed E-state index contributed by atoms with van der Waals surface area (Å²) >= 11 is 6.07. The van der Waals surface area contributed by atoms with Gasteiger partial charge in [0, 0.05) is 43.1 Å². The van der Waals surface area contributed by atoms with E-state index in [-0.39, 0.29) is 0 Å². The molecule has 0 spiro atoms. The van der Waals surface area contributed by atoms with Gasteiger partial charge in [-0.25, -0.2) is 9.97 Å². The van der Waals surface area contributed by atoms with Gasteiger partial charge < -0.3 is 10.6 Å². The quantitative estimate of drug-likeness (QED) is 0.869. The van der Waals surface area contributed by atoms with Crippen molar-refractivity contribution in [1.82, 2.24) is 15.3 Å². The molecule has 0 saturated heterocycles. The van der Waals surface area contributed by atoms with Crippen molar-refractivity contribution in [3.8, 4) is 0 Å². The second kappa shape index (κ2) is 6.33. The third-order valence-corrected chi connectivity index (χ3v) is 2.90. The van der Waals surface area contributed by atoms with Crippen molar-refractivity contribution in [3.63, 3.8) is 0 Å². The summed E-state index contributed by atoms with van der Waals surface area (Å²) in [5.41, 5.74) is 2.13. The van der Waals surface area contributed by atoms with Crippen molar-refractivity contribution < 1.29 is 0 Å². The predicted molar refractivity (Wildman–Crippen MR) is 73.6 cm³/mol. The first-order valence-corrected chi connectivity index (χ1v) is 6.10. The molecular formula is C13H15ClN4. The first kappa shape index (κ1) is 12.8. The van der Waals surface area contributed by atoms with E-state index in [9.17, 15) is 0 Å². The molecule has 5 heteroatoms. The topological polar surface area (TPSA) is 49.8 Å². The van der Waals surface area contributed by atoms with Crippen molar-refractivity contribution in [2.75, 3.05) is 12.4 Å². The summed E-state index contributed by atoms with van der Waals surface area (Å²) in [6.07, 6.45) is 3.61. The van der Waals surface area contributed by atoms with Crippen molar-refractivity contribution in [2.45, 2.75) is 13.1 Å². The lowest BCUT2D eigenvalue weighted by Crippen LogP contribution is -2.13. The molecule has 0 aliphatic heterocycles. The van der Waals surface area contributed by atoms with Crippen LogP contribution in [0.1, 0.15) is 11.1 Å². The summed E-state index contributed by atoms with van der Waals surface area (Å²) in [4.78, 5) is 8.30. The Morgan fingerprint density at radius 3 is 2.50 bits per heavy atom. The highest BCUT2D eigenvalue weighted by Gasteiger charge is 1.99. The van der Waals surface area contributed by atoms with Gasteiger partial charge in [0.05, 0.1) is 0 Å². The van der Waals surface area contributed by atoms with Gasteiger partial charge in [-0.3, -0.25) is 0 Å². The molecule has 0 radical (unpaired) electrons. The predicted octanol–water partition coefficient (Wildman–Crippen LogP) is 2.46. The highest BCUT2D eigenvalue weighted by Crippen LogP contribution is 2.14. The first-order valence-electron chi connectivity index (χ1n) is 5.72. The Kier molecular flexibility index (Phi) is 4.50. The van der Waals surface area contributed by atoms with Crippen LogP contribution in [0.15, 0.2) is 36.7 Å². The second-order valence-corrected chi connectivity index (χ2v) is 4.27. The van der Waals surface area contributed by atoms with E-state index in [0.29, 0.717) is 5.95 Å². The van der Waals surface area contributed by atoms with Crippen molar-refractivity contribution >= 4 is 17.5 Å². The molecule has 0 atom stereocenters. The number of nitrogens with one attached hydrogen (secondary N) is 2. The lowest BCUT2D eigenvalue weighted by molar-refractivity contribution is 0.689. The number of hydrogen-bond donors (Lipinski definition) is 2. The number of rotatable bonds is 5. The van der Waals surface area contributed by atoms with Crippen LogP contribution in [-0.4, -0.2) is 17.0 Å². The van der Waals surface area contributed by atoms with Gasteiger partial charge in [-0.1, -0.05) is 29.8 Å². The van der Waals surface area contributed by atoms with E-state index in [0.717, 1.165) is 29.2 Å². The molecule has 94 valence electrons. The minimum atomic E-state index is 0.629. The molecule has 0 aliphatic rings. The Balaban J connectivity index is 1.86. The van der Waals surface area contributed by atoms with Crippen LogP contribution in [0.4, 0.5) is 5.95 Å². The van der Waals surface area contributed by atoms with Crippen LogP contribution in [0.25, 0.3) is 0 Å². The average molecular weight is 263 g/mol. The molecule has 18 heavy (non-hydrogen) atoms. The standard InChI is InChI=1S/C13H15ClN4/c1-15-13-17-7-10(8-18-13)6-16-9-11-4-2-3-5-12(11)14/h2-5,7-8,16H,6,9H2,1H3,(H,15,17,18). The molecule has 0 bridgehead atoms. The van der Waals surface area contributed by atoms with Crippen molar-refractivity contribution in [3.05, 3.63) is 52.8 Å². The van der Waals surface area contributed by atoms with E-state index in [1.54, 1.807) is 19.4 Å². The van der Waals surface area contributed by atoms with Gasteiger partial charge in [0.1, 0.15) is 0 Å². The first-order chi connectivity index (χ1) is 8.79. The van der Waals surface area contributed by atoms with Gasteiger partial charge >= 0.3 is 0 Å². The van der Waals surface area contributed by atoms with E-state index in [1.165, 1.54) is 0 Å². The van der Waals surface area contributed by atoms with Crippen LogP contribution < -0.4 is 10.6 Å². The summed E-state index contributed by atoms with van der Waals surface area (Å²) in [5.74, 6) is 0.629.